The van der Waals surface area contributed by atoms with Gasteiger partial charge in [0.25, 0.3) is 0 Å². The second-order valence-electron chi connectivity index (χ2n) is 8.38. The highest BCUT2D eigenvalue weighted by Gasteiger charge is 2.20. The van der Waals surface area contributed by atoms with E-state index in [4.69, 9.17) is 23.2 Å². The van der Waals surface area contributed by atoms with Gasteiger partial charge >= 0.3 is 0 Å². The maximum atomic E-state index is 13.7. The second-order valence-corrected chi connectivity index (χ2v) is 9.20. The number of nitrogens with zero attached hydrogens (tertiary/aromatic N) is 5. The number of aliphatic hydroxyl groups is 1. The molecule has 3 aromatic carbocycles. The van der Waals surface area contributed by atoms with Crippen LogP contribution in [-0.2, 0) is 6.54 Å². The molecule has 0 spiro atoms. The van der Waals surface area contributed by atoms with Crippen LogP contribution in [0, 0.1) is 17.1 Å². The number of rotatable bonds is 8. The van der Waals surface area contributed by atoms with E-state index in [1.807, 2.05) is 36.4 Å². The van der Waals surface area contributed by atoms with Crippen LogP contribution >= 0.6 is 23.2 Å². The molecule has 38 heavy (non-hydrogen) atoms. The van der Waals surface area contributed by atoms with E-state index >= 15 is 0 Å². The van der Waals surface area contributed by atoms with Gasteiger partial charge in [-0.15, -0.1) is 5.10 Å². The molecule has 5 rings (SSSR count). The smallest absolute Gasteiger partial charge is 0.141 e. The van der Waals surface area contributed by atoms with E-state index in [0.29, 0.717) is 45.2 Å². The summed E-state index contributed by atoms with van der Waals surface area (Å²) in [6.07, 6.45) is 3.20. The van der Waals surface area contributed by atoms with Crippen molar-refractivity contribution in [1.82, 2.24) is 20.0 Å². The van der Waals surface area contributed by atoms with Crippen molar-refractivity contribution in [3.8, 4) is 6.07 Å². The maximum absolute atomic E-state index is 13.7. The Labute approximate surface area is 227 Å². The molecule has 0 fully saturated rings. The van der Waals surface area contributed by atoms with Gasteiger partial charge in [0, 0.05) is 23.0 Å². The van der Waals surface area contributed by atoms with Gasteiger partial charge in [0.15, 0.2) is 0 Å². The standard InChI is InChI=1S/C27H20Cl2FN7O/c28-21-11-18(6-7-23(21)30)33-25-17(13-31)14-32-27-20(25)10-19(12-22(27)29)34-26(16-4-2-1-3-5-16)24-15-37(8-9-38)36-35-24/h1-7,10-12,14-15,26,34,38H,8-9H2,(H,32,33)/t26-/m0/s1. The summed E-state index contributed by atoms with van der Waals surface area (Å²) in [5, 5.41) is 35.0. The number of fused-ring (bicyclic) bond motifs is 1. The summed E-state index contributed by atoms with van der Waals surface area (Å²) in [5.74, 6) is -0.547. The Morgan fingerprint density at radius 1 is 1.05 bits per heavy atom. The van der Waals surface area contributed by atoms with E-state index in [2.05, 4.69) is 32.0 Å². The van der Waals surface area contributed by atoms with Crippen molar-refractivity contribution >= 4 is 51.2 Å². The van der Waals surface area contributed by atoms with Gasteiger partial charge < -0.3 is 15.7 Å². The van der Waals surface area contributed by atoms with Crippen LogP contribution in [0.1, 0.15) is 22.9 Å². The van der Waals surface area contributed by atoms with Crippen LogP contribution in [0.15, 0.2) is 73.1 Å². The van der Waals surface area contributed by atoms with Crippen molar-refractivity contribution in [1.29, 1.82) is 5.26 Å². The molecular weight excluding hydrogens is 528 g/mol. The summed E-state index contributed by atoms with van der Waals surface area (Å²) in [6.45, 7) is 0.261. The Morgan fingerprint density at radius 3 is 2.58 bits per heavy atom. The second kappa shape index (κ2) is 11.0. The summed E-state index contributed by atoms with van der Waals surface area (Å²) in [5.41, 5.74) is 3.93. The van der Waals surface area contributed by atoms with Crippen molar-refractivity contribution in [2.75, 3.05) is 17.2 Å². The zero-order valence-corrected chi connectivity index (χ0v) is 21.2. The van der Waals surface area contributed by atoms with Gasteiger partial charge in [-0.3, -0.25) is 4.98 Å². The van der Waals surface area contributed by atoms with E-state index in [1.54, 1.807) is 16.9 Å². The number of pyridine rings is 1. The van der Waals surface area contributed by atoms with E-state index in [-0.39, 0.29) is 17.2 Å². The molecule has 0 saturated heterocycles. The molecule has 0 aliphatic carbocycles. The van der Waals surface area contributed by atoms with Gasteiger partial charge in [-0.2, -0.15) is 5.26 Å². The lowest BCUT2D eigenvalue weighted by Crippen LogP contribution is -2.13. The number of nitrogens with one attached hydrogen (secondary N) is 2. The predicted molar refractivity (Wildman–Crippen MR) is 145 cm³/mol. The minimum atomic E-state index is -0.547. The molecule has 0 aliphatic heterocycles. The number of halogens is 3. The normalized spacial score (nSPS) is 11.8. The third kappa shape index (κ3) is 5.24. The molecule has 0 aliphatic rings. The fourth-order valence-corrected chi connectivity index (χ4v) is 4.53. The number of hydrogen-bond donors (Lipinski definition) is 3. The molecule has 5 aromatic rings. The van der Waals surface area contributed by atoms with E-state index in [0.717, 1.165) is 5.56 Å². The lowest BCUT2D eigenvalue weighted by Gasteiger charge is -2.20. The average molecular weight is 548 g/mol. The Hall–Kier alpha value is -4.23. The van der Waals surface area contributed by atoms with Crippen LogP contribution in [0.3, 0.4) is 0 Å². The van der Waals surface area contributed by atoms with Crippen molar-refractivity contribution in [2.45, 2.75) is 12.6 Å². The molecule has 3 N–H and O–H groups in total. The number of aromatic nitrogens is 4. The molecule has 0 saturated carbocycles. The Morgan fingerprint density at radius 2 is 1.84 bits per heavy atom. The number of nitriles is 1. The molecule has 2 aromatic heterocycles. The lowest BCUT2D eigenvalue weighted by atomic mass is 10.0. The van der Waals surface area contributed by atoms with Gasteiger partial charge in [0.05, 0.1) is 52.2 Å². The first-order valence-electron chi connectivity index (χ1n) is 11.5. The summed E-state index contributed by atoms with van der Waals surface area (Å²) < 4.78 is 15.3. The van der Waals surface area contributed by atoms with Crippen molar-refractivity contribution < 1.29 is 9.50 Å². The van der Waals surface area contributed by atoms with Crippen LogP contribution in [0.5, 0.6) is 0 Å². The quantitative estimate of drug-likeness (QED) is 0.216. The van der Waals surface area contributed by atoms with Crippen molar-refractivity contribution in [3.05, 3.63) is 106 Å². The Balaban J connectivity index is 1.60. The average Bonchev–Trinajstić information content (AvgIpc) is 3.38. The van der Waals surface area contributed by atoms with Gasteiger partial charge in [0.1, 0.15) is 17.6 Å². The number of anilines is 3. The molecule has 8 nitrogen and oxygen atoms in total. The van der Waals surface area contributed by atoms with Gasteiger partial charge in [0.2, 0.25) is 0 Å². The first kappa shape index (κ1) is 25.4. The molecule has 190 valence electrons. The minimum absolute atomic E-state index is 0.0489. The van der Waals surface area contributed by atoms with Crippen LogP contribution in [-0.4, -0.2) is 31.7 Å². The molecule has 11 heteroatoms. The van der Waals surface area contributed by atoms with Gasteiger partial charge in [-0.25, -0.2) is 9.07 Å². The maximum Gasteiger partial charge on any atom is 0.141 e. The van der Waals surface area contributed by atoms with E-state index < -0.39 is 11.9 Å². The molecule has 0 bridgehead atoms. The van der Waals surface area contributed by atoms with E-state index in [9.17, 15) is 14.8 Å². The largest absolute Gasteiger partial charge is 0.394 e. The highest BCUT2D eigenvalue weighted by molar-refractivity contribution is 6.36. The molecule has 2 heterocycles. The fourth-order valence-electron chi connectivity index (χ4n) is 4.08. The first-order chi connectivity index (χ1) is 18.5. The first-order valence-corrected chi connectivity index (χ1v) is 12.3. The molecule has 0 radical (unpaired) electrons. The SMILES string of the molecule is N#Cc1cnc2c(Cl)cc(N[C@@H](c3ccccc3)c3cn(CCO)nn3)cc2c1Nc1ccc(F)c(Cl)c1. The molecule has 0 unspecified atom stereocenters. The number of aliphatic hydroxyl groups excluding tert-OH is 1. The van der Waals surface area contributed by atoms with Crippen LogP contribution in [0.25, 0.3) is 10.9 Å². The van der Waals surface area contributed by atoms with Gasteiger partial charge in [-0.05, 0) is 35.9 Å². The molecule has 1 atom stereocenters. The third-order valence-corrected chi connectivity index (χ3v) is 6.44. The Kier molecular flexibility index (Phi) is 7.38. The topological polar surface area (TPSA) is 112 Å². The summed E-state index contributed by atoms with van der Waals surface area (Å²) in [4.78, 5) is 4.39. The molecule has 0 amide bonds. The van der Waals surface area contributed by atoms with Crippen molar-refractivity contribution in [3.63, 3.8) is 0 Å². The van der Waals surface area contributed by atoms with Crippen LogP contribution in [0.2, 0.25) is 10.0 Å². The monoisotopic (exact) mass is 547 g/mol. The third-order valence-electron chi connectivity index (χ3n) is 5.86. The summed E-state index contributed by atoms with van der Waals surface area (Å²) >= 11 is 12.6. The zero-order valence-electron chi connectivity index (χ0n) is 19.7. The van der Waals surface area contributed by atoms with Crippen LogP contribution < -0.4 is 10.6 Å². The highest BCUT2D eigenvalue weighted by Crippen LogP contribution is 2.37. The van der Waals surface area contributed by atoms with E-state index in [1.165, 1.54) is 24.4 Å². The fraction of sp³-hybridized carbons (Fsp3) is 0.111. The van der Waals surface area contributed by atoms with Gasteiger partial charge in [-0.1, -0.05) is 58.7 Å². The summed E-state index contributed by atoms with van der Waals surface area (Å²) in [6, 6.07) is 19.2. The lowest BCUT2D eigenvalue weighted by molar-refractivity contribution is 0.268. The highest BCUT2D eigenvalue weighted by atomic mass is 35.5. The zero-order chi connectivity index (χ0) is 26.6. The summed E-state index contributed by atoms with van der Waals surface area (Å²) in [7, 11) is 0. The predicted octanol–water partition coefficient (Wildman–Crippen LogP) is 6.08. The Bertz CT molecular complexity index is 1650. The molecular formula is C27H20Cl2FN7O. The number of benzene rings is 3. The van der Waals surface area contributed by atoms with Crippen molar-refractivity contribution in [2.24, 2.45) is 0 Å². The number of hydrogen-bond acceptors (Lipinski definition) is 7. The minimum Gasteiger partial charge on any atom is -0.394 e. The van der Waals surface area contributed by atoms with Crippen LogP contribution in [0.4, 0.5) is 21.5 Å².